The van der Waals surface area contributed by atoms with E-state index in [1.54, 1.807) is 11.8 Å². The number of nitrogens with one attached hydrogen (secondary N) is 1. The summed E-state index contributed by atoms with van der Waals surface area (Å²) in [4.78, 5) is 0. The van der Waals surface area contributed by atoms with E-state index in [1.165, 1.54) is 5.69 Å². The predicted octanol–water partition coefficient (Wildman–Crippen LogP) is 1.01. The second-order valence-corrected chi connectivity index (χ2v) is 5.93. The molecule has 0 spiro atoms. The van der Waals surface area contributed by atoms with Gasteiger partial charge >= 0.3 is 0 Å². The number of hydrogen-bond acceptors (Lipinski definition) is 6. The molecule has 2 rings (SSSR count). The van der Waals surface area contributed by atoms with Gasteiger partial charge in [0.05, 0.1) is 12.2 Å². The van der Waals surface area contributed by atoms with E-state index in [9.17, 15) is 0 Å². The molecular weight excluding hydrogens is 274 g/mol. The van der Waals surface area contributed by atoms with Gasteiger partial charge in [0.2, 0.25) is 5.16 Å². The smallest absolute Gasteiger partial charge is 0.209 e. The summed E-state index contributed by atoms with van der Waals surface area (Å²) in [6, 6.07) is 2.56. The summed E-state index contributed by atoms with van der Waals surface area (Å²) in [7, 11) is 1.96. The fourth-order valence-electron chi connectivity index (χ4n) is 1.84. The van der Waals surface area contributed by atoms with E-state index >= 15 is 0 Å². The summed E-state index contributed by atoms with van der Waals surface area (Å²) in [6.45, 7) is 7.88. The molecule has 2 aromatic rings. The Morgan fingerprint density at radius 1 is 1.40 bits per heavy atom. The number of rotatable bonds is 7. The van der Waals surface area contributed by atoms with Gasteiger partial charge in [0.25, 0.3) is 0 Å². The maximum absolute atomic E-state index is 4.34. The van der Waals surface area contributed by atoms with Gasteiger partial charge in [-0.05, 0) is 23.4 Å². The summed E-state index contributed by atoms with van der Waals surface area (Å²) in [5, 5.41) is 20.4. The largest absolute Gasteiger partial charge is 0.313 e. The van der Waals surface area contributed by atoms with Crippen molar-refractivity contribution in [3.8, 4) is 0 Å². The molecule has 0 saturated heterocycles. The van der Waals surface area contributed by atoms with E-state index in [4.69, 9.17) is 0 Å². The van der Waals surface area contributed by atoms with Gasteiger partial charge < -0.3 is 5.32 Å². The normalized spacial score (nSPS) is 11.4. The number of thioether (sulfide) groups is 1. The van der Waals surface area contributed by atoms with Gasteiger partial charge in [0, 0.05) is 31.1 Å². The first-order chi connectivity index (χ1) is 9.56. The molecule has 0 unspecified atom stereocenters. The fraction of sp³-hybridized carbons (Fsp3) is 0.667. The average molecular weight is 295 g/mol. The zero-order valence-corrected chi connectivity index (χ0v) is 13.2. The Morgan fingerprint density at radius 3 is 2.85 bits per heavy atom. The molecule has 0 amide bonds. The van der Waals surface area contributed by atoms with Crippen molar-refractivity contribution in [2.24, 2.45) is 7.05 Å². The SMILES string of the molecule is Cc1cc(CSc2nnnn2CCNC(C)C)n(C)n1. The molecule has 1 N–H and O–H groups in total. The van der Waals surface area contributed by atoms with Crippen LogP contribution in [-0.4, -0.2) is 42.6 Å². The lowest BCUT2D eigenvalue weighted by Crippen LogP contribution is -2.27. The van der Waals surface area contributed by atoms with Crippen molar-refractivity contribution >= 4 is 11.8 Å². The van der Waals surface area contributed by atoms with Gasteiger partial charge in [-0.25, -0.2) is 4.68 Å². The van der Waals surface area contributed by atoms with Crippen LogP contribution in [0.4, 0.5) is 0 Å². The van der Waals surface area contributed by atoms with E-state index in [1.807, 2.05) is 23.3 Å². The standard InChI is InChI=1S/C12H21N7S/c1-9(2)13-5-6-19-12(14-16-17-19)20-8-11-7-10(3)15-18(11)4/h7,9,13H,5-6,8H2,1-4H3. The number of aryl methyl sites for hydroxylation is 2. The second-order valence-electron chi connectivity index (χ2n) is 4.98. The fourth-order valence-corrected chi connectivity index (χ4v) is 2.76. The molecule has 0 fully saturated rings. The van der Waals surface area contributed by atoms with E-state index in [0.29, 0.717) is 6.04 Å². The molecule has 2 aromatic heterocycles. The minimum atomic E-state index is 0.472. The molecule has 0 radical (unpaired) electrons. The van der Waals surface area contributed by atoms with Crippen LogP contribution >= 0.6 is 11.8 Å². The van der Waals surface area contributed by atoms with Crippen LogP contribution in [0.1, 0.15) is 25.2 Å². The first-order valence-electron chi connectivity index (χ1n) is 6.68. The van der Waals surface area contributed by atoms with E-state index in [2.05, 4.69) is 45.9 Å². The molecule has 0 bridgehead atoms. The number of hydrogen-bond donors (Lipinski definition) is 1. The van der Waals surface area contributed by atoms with Crippen LogP contribution in [0.15, 0.2) is 11.2 Å². The molecule has 8 heteroatoms. The third kappa shape index (κ3) is 4.04. The molecule has 0 aliphatic carbocycles. The monoisotopic (exact) mass is 295 g/mol. The van der Waals surface area contributed by atoms with Crippen molar-refractivity contribution in [3.05, 3.63) is 17.5 Å². The molecular formula is C12H21N7S. The van der Waals surface area contributed by atoms with Crippen LogP contribution in [0.25, 0.3) is 0 Å². The van der Waals surface area contributed by atoms with Crippen LogP contribution in [0.3, 0.4) is 0 Å². The van der Waals surface area contributed by atoms with Gasteiger partial charge in [0.1, 0.15) is 0 Å². The minimum absolute atomic E-state index is 0.472. The van der Waals surface area contributed by atoms with Gasteiger partial charge in [-0.3, -0.25) is 4.68 Å². The van der Waals surface area contributed by atoms with Gasteiger partial charge in [0.15, 0.2) is 0 Å². The van der Waals surface area contributed by atoms with Gasteiger partial charge in [-0.2, -0.15) is 5.10 Å². The van der Waals surface area contributed by atoms with Crippen LogP contribution in [0.2, 0.25) is 0 Å². The van der Waals surface area contributed by atoms with Crippen LogP contribution < -0.4 is 5.32 Å². The number of nitrogens with zero attached hydrogens (tertiary/aromatic N) is 6. The quantitative estimate of drug-likeness (QED) is 0.768. The Bertz CT molecular complexity index is 546. The Hall–Kier alpha value is -1.41. The maximum Gasteiger partial charge on any atom is 0.209 e. The predicted molar refractivity (Wildman–Crippen MR) is 78.5 cm³/mol. The van der Waals surface area contributed by atoms with Crippen molar-refractivity contribution in [2.75, 3.05) is 6.54 Å². The highest BCUT2D eigenvalue weighted by Gasteiger charge is 2.09. The van der Waals surface area contributed by atoms with Gasteiger partial charge in [-0.15, -0.1) is 5.10 Å². The topological polar surface area (TPSA) is 73.5 Å². The summed E-state index contributed by atoms with van der Waals surface area (Å²) >= 11 is 1.63. The first-order valence-corrected chi connectivity index (χ1v) is 7.66. The van der Waals surface area contributed by atoms with E-state index < -0.39 is 0 Å². The Balaban J connectivity index is 1.90. The zero-order chi connectivity index (χ0) is 14.5. The molecule has 0 aromatic carbocycles. The zero-order valence-electron chi connectivity index (χ0n) is 12.4. The number of aromatic nitrogens is 6. The van der Waals surface area contributed by atoms with Crippen molar-refractivity contribution in [3.63, 3.8) is 0 Å². The van der Waals surface area contributed by atoms with Crippen LogP contribution in [0, 0.1) is 6.92 Å². The van der Waals surface area contributed by atoms with Gasteiger partial charge in [-0.1, -0.05) is 25.6 Å². The molecule has 0 aliphatic heterocycles. The average Bonchev–Trinajstić information content (AvgIpc) is 2.93. The molecule has 110 valence electrons. The first kappa shape index (κ1) is 15.0. The van der Waals surface area contributed by atoms with E-state index in [-0.39, 0.29) is 0 Å². The molecule has 7 nitrogen and oxygen atoms in total. The summed E-state index contributed by atoms with van der Waals surface area (Å²) < 4.78 is 3.74. The third-order valence-corrected chi connectivity index (χ3v) is 3.81. The maximum atomic E-state index is 4.34. The third-order valence-electron chi connectivity index (χ3n) is 2.82. The Morgan fingerprint density at radius 2 is 2.20 bits per heavy atom. The highest BCUT2D eigenvalue weighted by molar-refractivity contribution is 7.98. The summed E-state index contributed by atoms with van der Waals surface area (Å²) in [5.74, 6) is 0.815. The lowest BCUT2D eigenvalue weighted by molar-refractivity contribution is 0.485. The highest BCUT2D eigenvalue weighted by Crippen LogP contribution is 2.19. The Kier molecular flexibility index (Phi) is 5.13. The summed E-state index contributed by atoms with van der Waals surface area (Å²) in [6.07, 6.45) is 0. The lowest BCUT2D eigenvalue weighted by Gasteiger charge is -2.08. The van der Waals surface area contributed by atoms with E-state index in [0.717, 1.165) is 29.7 Å². The molecule has 20 heavy (non-hydrogen) atoms. The van der Waals surface area contributed by atoms with Crippen molar-refractivity contribution in [1.29, 1.82) is 0 Å². The second kappa shape index (κ2) is 6.85. The lowest BCUT2D eigenvalue weighted by atomic mass is 10.4. The summed E-state index contributed by atoms with van der Waals surface area (Å²) in [5.41, 5.74) is 2.20. The molecule has 2 heterocycles. The minimum Gasteiger partial charge on any atom is -0.313 e. The van der Waals surface area contributed by atoms with Crippen molar-refractivity contribution in [2.45, 2.75) is 44.3 Å². The van der Waals surface area contributed by atoms with Crippen LogP contribution in [0.5, 0.6) is 0 Å². The highest BCUT2D eigenvalue weighted by atomic mass is 32.2. The Labute approximate surface area is 123 Å². The number of tetrazole rings is 1. The molecule has 0 aliphatic rings. The van der Waals surface area contributed by atoms with Crippen molar-refractivity contribution < 1.29 is 0 Å². The van der Waals surface area contributed by atoms with Crippen molar-refractivity contribution in [1.82, 2.24) is 35.3 Å². The van der Waals surface area contributed by atoms with Crippen LogP contribution in [-0.2, 0) is 19.3 Å². The molecule has 0 saturated carbocycles. The molecule has 0 atom stereocenters.